The molecule has 0 N–H and O–H groups in total. The van der Waals surface area contributed by atoms with Crippen molar-refractivity contribution in [2.45, 2.75) is 12.8 Å². The van der Waals surface area contributed by atoms with Gasteiger partial charge in [0.2, 0.25) is 5.95 Å². The standard InChI is InChI=1S/C58H40N4/c1-3-12-39(13-4-1)41-22-24-43(25-23-41)44-16-11-17-47(36-44)53-34-35-59-58(60-53)62-55-21-10-8-19-50(55)52-38-46(29-33-57(52)62)45-28-32-56-51(37-45)49-18-7-9-20-54(49)61(56)48-30-26-42(27-31-48)40-14-5-2-6-15-40/h1-9,11-20,22-38H,10,21H2. The normalized spacial score (nSPS) is 12.3. The van der Waals surface area contributed by atoms with Gasteiger partial charge in [0.1, 0.15) is 0 Å². The zero-order chi connectivity index (χ0) is 41.0. The van der Waals surface area contributed by atoms with E-state index in [0.717, 1.165) is 40.9 Å². The van der Waals surface area contributed by atoms with Crippen LogP contribution in [0.4, 0.5) is 0 Å². The van der Waals surface area contributed by atoms with E-state index in [1.165, 1.54) is 77.4 Å². The van der Waals surface area contributed by atoms with E-state index in [1.807, 2.05) is 12.3 Å². The molecule has 0 atom stereocenters. The van der Waals surface area contributed by atoms with Crippen LogP contribution in [-0.4, -0.2) is 19.1 Å². The highest BCUT2D eigenvalue weighted by atomic mass is 15.2. The third kappa shape index (κ3) is 6.15. The van der Waals surface area contributed by atoms with Gasteiger partial charge < -0.3 is 4.57 Å². The molecule has 0 aliphatic heterocycles. The Morgan fingerprint density at radius 3 is 1.65 bits per heavy atom. The maximum atomic E-state index is 5.25. The van der Waals surface area contributed by atoms with Crippen LogP contribution in [0, 0.1) is 0 Å². The van der Waals surface area contributed by atoms with E-state index in [-0.39, 0.29) is 0 Å². The lowest BCUT2D eigenvalue weighted by Gasteiger charge is -2.13. The van der Waals surface area contributed by atoms with Gasteiger partial charge in [-0.1, -0.05) is 158 Å². The van der Waals surface area contributed by atoms with E-state index in [4.69, 9.17) is 9.97 Å². The number of hydrogen-bond donors (Lipinski definition) is 0. The molecule has 292 valence electrons. The quantitative estimate of drug-likeness (QED) is 0.161. The van der Waals surface area contributed by atoms with E-state index in [0.29, 0.717) is 5.95 Å². The van der Waals surface area contributed by atoms with Crippen LogP contribution < -0.4 is 0 Å². The van der Waals surface area contributed by atoms with Gasteiger partial charge in [0.05, 0.1) is 22.2 Å². The van der Waals surface area contributed by atoms with Crippen molar-refractivity contribution in [1.82, 2.24) is 19.1 Å². The fourth-order valence-corrected chi connectivity index (χ4v) is 9.45. The minimum absolute atomic E-state index is 0.695. The highest BCUT2D eigenvalue weighted by Gasteiger charge is 2.22. The van der Waals surface area contributed by atoms with Crippen LogP contribution in [0.15, 0.2) is 212 Å². The Kier molecular flexibility index (Phi) is 8.60. The van der Waals surface area contributed by atoms with Crippen molar-refractivity contribution >= 4 is 38.8 Å². The van der Waals surface area contributed by atoms with Crippen molar-refractivity contribution in [2.75, 3.05) is 0 Å². The number of para-hydroxylation sites is 1. The van der Waals surface area contributed by atoms with Gasteiger partial charge in [-0.2, -0.15) is 0 Å². The molecular weight excluding hydrogens is 753 g/mol. The Labute approximate surface area is 360 Å². The largest absolute Gasteiger partial charge is 0.309 e. The third-order valence-corrected chi connectivity index (χ3v) is 12.5. The number of benzene rings is 8. The van der Waals surface area contributed by atoms with Gasteiger partial charge in [-0.15, -0.1) is 0 Å². The molecule has 0 saturated carbocycles. The van der Waals surface area contributed by atoms with Crippen LogP contribution in [0.25, 0.3) is 106 Å². The minimum Gasteiger partial charge on any atom is -0.309 e. The number of aromatic nitrogens is 4. The van der Waals surface area contributed by atoms with Gasteiger partial charge >= 0.3 is 0 Å². The van der Waals surface area contributed by atoms with E-state index in [2.05, 4.69) is 215 Å². The number of rotatable bonds is 7. The summed E-state index contributed by atoms with van der Waals surface area (Å²) in [6.07, 6.45) is 8.39. The lowest BCUT2D eigenvalue weighted by Crippen LogP contribution is -2.07. The molecule has 1 aliphatic rings. The first-order valence-corrected chi connectivity index (χ1v) is 21.4. The first-order chi connectivity index (χ1) is 30.7. The highest BCUT2D eigenvalue weighted by Crippen LogP contribution is 2.39. The zero-order valence-corrected chi connectivity index (χ0v) is 34.0. The summed E-state index contributed by atoms with van der Waals surface area (Å²) < 4.78 is 4.68. The summed E-state index contributed by atoms with van der Waals surface area (Å²) in [5, 5.41) is 3.69. The van der Waals surface area contributed by atoms with Gasteiger partial charge in [-0.25, -0.2) is 9.97 Å². The van der Waals surface area contributed by atoms with Gasteiger partial charge in [0.25, 0.3) is 0 Å². The molecule has 11 aromatic rings. The summed E-state index contributed by atoms with van der Waals surface area (Å²) in [5.74, 6) is 0.695. The van der Waals surface area contributed by atoms with Gasteiger partial charge in [-0.05, 0) is 112 Å². The predicted molar refractivity (Wildman–Crippen MR) is 258 cm³/mol. The van der Waals surface area contributed by atoms with Gasteiger partial charge in [0, 0.05) is 44.9 Å². The van der Waals surface area contributed by atoms with E-state index >= 15 is 0 Å². The molecule has 0 spiro atoms. The molecular formula is C58H40N4. The molecule has 0 bridgehead atoms. The van der Waals surface area contributed by atoms with Crippen LogP contribution in [-0.2, 0) is 6.42 Å². The summed E-state index contributed by atoms with van der Waals surface area (Å²) in [6, 6.07) is 72.0. The van der Waals surface area contributed by atoms with Crippen LogP contribution in [0.1, 0.15) is 17.7 Å². The van der Waals surface area contributed by atoms with Gasteiger partial charge in [0.15, 0.2) is 0 Å². The molecule has 0 saturated heterocycles. The maximum Gasteiger partial charge on any atom is 0.234 e. The lowest BCUT2D eigenvalue weighted by molar-refractivity contribution is 0.847. The topological polar surface area (TPSA) is 35.6 Å². The molecule has 4 nitrogen and oxygen atoms in total. The summed E-state index contributed by atoms with van der Waals surface area (Å²) in [6.45, 7) is 0. The van der Waals surface area contributed by atoms with Gasteiger partial charge in [-0.3, -0.25) is 4.57 Å². The molecule has 12 rings (SSSR count). The summed E-state index contributed by atoms with van der Waals surface area (Å²) in [7, 11) is 0. The Hall–Kier alpha value is -8.08. The average molecular weight is 793 g/mol. The van der Waals surface area contributed by atoms with E-state index in [9.17, 15) is 0 Å². The Morgan fingerprint density at radius 1 is 0.387 bits per heavy atom. The number of fused-ring (bicyclic) bond motifs is 6. The molecule has 0 amide bonds. The molecule has 62 heavy (non-hydrogen) atoms. The highest BCUT2D eigenvalue weighted by molar-refractivity contribution is 6.10. The number of hydrogen-bond acceptors (Lipinski definition) is 2. The van der Waals surface area contributed by atoms with Crippen molar-refractivity contribution in [3.8, 4) is 67.4 Å². The van der Waals surface area contributed by atoms with Crippen LogP contribution in [0.5, 0.6) is 0 Å². The SMILES string of the molecule is C1=Cc2c(n(-c3nccc(-c4cccc(-c5ccc(-c6ccccc6)cc5)c4)n3)c3ccc(-c4ccc5c(c4)c4ccccc4n5-c4ccc(-c5ccccc5)cc4)cc23)CC1. The monoisotopic (exact) mass is 792 g/mol. The fourth-order valence-electron chi connectivity index (χ4n) is 9.45. The number of allylic oxidation sites excluding steroid dienone is 1. The molecule has 3 aromatic heterocycles. The minimum atomic E-state index is 0.695. The first-order valence-electron chi connectivity index (χ1n) is 21.4. The lowest BCUT2D eigenvalue weighted by atomic mass is 9.98. The van der Waals surface area contributed by atoms with E-state index < -0.39 is 0 Å². The predicted octanol–water partition coefficient (Wildman–Crippen LogP) is 14.8. The zero-order valence-electron chi connectivity index (χ0n) is 34.0. The number of nitrogens with zero attached hydrogens (tertiary/aromatic N) is 4. The molecule has 3 heterocycles. The van der Waals surface area contributed by atoms with E-state index in [1.54, 1.807) is 0 Å². The van der Waals surface area contributed by atoms with Crippen molar-refractivity contribution in [3.05, 3.63) is 224 Å². The van der Waals surface area contributed by atoms with Crippen molar-refractivity contribution in [3.63, 3.8) is 0 Å². The molecule has 1 aliphatic carbocycles. The second kappa shape index (κ2) is 14.9. The summed E-state index contributed by atoms with van der Waals surface area (Å²) in [4.78, 5) is 10.2. The molecule has 4 heteroatoms. The Bertz CT molecular complexity index is 3480. The van der Waals surface area contributed by atoms with Crippen LogP contribution in [0.2, 0.25) is 0 Å². The Balaban J connectivity index is 0.904. The average Bonchev–Trinajstić information content (AvgIpc) is 3.87. The summed E-state index contributed by atoms with van der Waals surface area (Å²) >= 11 is 0. The van der Waals surface area contributed by atoms with Crippen molar-refractivity contribution in [2.24, 2.45) is 0 Å². The second-order valence-electron chi connectivity index (χ2n) is 16.1. The molecule has 0 radical (unpaired) electrons. The molecule has 8 aromatic carbocycles. The fraction of sp³-hybridized carbons (Fsp3) is 0.0345. The Morgan fingerprint density at radius 2 is 0.919 bits per heavy atom. The second-order valence-corrected chi connectivity index (χ2v) is 16.1. The maximum absolute atomic E-state index is 5.25. The van der Waals surface area contributed by atoms with Crippen molar-refractivity contribution in [1.29, 1.82) is 0 Å². The molecule has 0 unspecified atom stereocenters. The van der Waals surface area contributed by atoms with Crippen molar-refractivity contribution < 1.29 is 0 Å². The molecule has 0 fully saturated rings. The smallest absolute Gasteiger partial charge is 0.234 e. The third-order valence-electron chi connectivity index (χ3n) is 12.5. The van der Waals surface area contributed by atoms with Crippen LogP contribution in [0.3, 0.4) is 0 Å². The van der Waals surface area contributed by atoms with Crippen LogP contribution >= 0.6 is 0 Å². The first kappa shape index (κ1) is 35.8. The summed E-state index contributed by atoms with van der Waals surface area (Å²) in [5.41, 5.74) is 18.7.